The quantitative estimate of drug-likeness (QED) is 0.167. The SMILES string of the molecule is CC1(C)CCOc2c(C(=O)NC3CN4C(N)=N[C@@H](CNC(=O)c5ccccn5)[C@@H]5[NH+]=C(N)NC54C3(O)O)cccc21. The molecule has 1 aromatic heterocycles. The number of guanidine groups is 2. The molecule has 2 aromatic rings. The maximum Gasteiger partial charge on any atom is 0.343 e. The van der Waals surface area contributed by atoms with Crippen LogP contribution in [0, 0.1) is 0 Å². The number of carbonyl (C=O) groups excluding carboxylic acids is 2. The van der Waals surface area contributed by atoms with Gasteiger partial charge in [0, 0.05) is 18.3 Å². The fraction of sp³-hybridized carbons (Fsp3) is 0.444. The first-order chi connectivity index (χ1) is 19.5. The minimum atomic E-state index is -2.58. The lowest BCUT2D eigenvalue weighted by Crippen LogP contribution is -2.90. The molecule has 14 heteroatoms. The number of fused-ring (bicyclic) bond motifs is 1. The number of benzene rings is 1. The van der Waals surface area contributed by atoms with Crippen LogP contribution in [0.15, 0.2) is 47.6 Å². The number of nitrogens with zero attached hydrogens (tertiary/aromatic N) is 3. The largest absolute Gasteiger partial charge is 0.492 e. The van der Waals surface area contributed by atoms with Crippen LogP contribution >= 0.6 is 0 Å². The van der Waals surface area contributed by atoms with Gasteiger partial charge in [-0.15, -0.1) is 0 Å². The molecule has 216 valence electrons. The summed E-state index contributed by atoms with van der Waals surface area (Å²) in [5, 5.41) is 32.0. The maximum absolute atomic E-state index is 13.6. The molecule has 1 saturated heterocycles. The van der Waals surface area contributed by atoms with Crippen LogP contribution < -0.4 is 37.1 Å². The number of aliphatic imine (C=N–C) groups is 1. The Kier molecular flexibility index (Phi) is 6.08. The lowest BCUT2D eigenvalue weighted by atomic mass is 9.79. The van der Waals surface area contributed by atoms with E-state index < -0.39 is 41.4 Å². The van der Waals surface area contributed by atoms with Crippen LogP contribution in [-0.4, -0.2) is 93.1 Å². The highest BCUT2D eigenvalue weighted by Crippen LogP contribution is 2.43. The van der Waals surface area contributed by atoms with Gasteiger partial charge >= 0.3 is 5.96 Å². The molecular formula is C27H34N9O5+. The molecule has 2 unspecified atom stereocenters. The van der Waals surface area contributed by atoms with Gasteiger partial charge in [0.05, 0.1) is 18.7 Å². The number of carbonyl (C=O) groups is 2. The standard InChI is InChI=1S/C27H33N9O5/c1-25(2)9-11-41-19-14(6-5-7-15(19)25)21(37)33-18-13-36-24(29)32-17(12-31-22(38)16-8-3-4-10-30-16)20-26(36,27(18,39)40)35-23(28)34-20/h3-8,10,17-18,20,39-40H,9,11-13H2,1-2H3,(H2,29,32)(H,31,38)(H,33,37)(H3,28,34,35)/p+1/t17-,18?,20-,26?/m0/s1. The van der Waals surface area contributed by atoms with Crippen LogP contribution in [0.3, 0.4) is 0 Å². The molecule has 0 radical (unpaired) electrons. The number of nitrogens with one attached hydrogen (secondary N) is 4. The topological polar surface area (TPSA) is 214 Å². The summed E-state index contributed by atoms with van der Waals surface area (Å²) in [6, 6.07) is 7.53. The summed E-state index contributed by atoms with van der Waals surface area (Å²) in [5.74, 6) is -2.99. The first kappa shape index (κ1) is 26.8. The van der Waals surface area contributed by atoms with Gasteiger partial charge in [0.25, 0.3) is 17.5 Å². The van der Waals surface area contributed by atoms with E-state index in [1.54, 1.807) is 30.3 Å². The molecule has 41 heavy (non-hydrogen) atoms. The third-order valence-electron chi connectivity index (χ3n) is 8.52. The van der Waals surface area contributed by atoms with Crippen molar-refractivity contribution >= 4 is 23.7 Å². The van der Waals surface area contributed by atoms with Gasteiger partial charge in [-0.1, -0.05) is 32.0 Å². The lowest BCUT2D eigenvalue weighted by Gasteiger charge is -2.46. The van der Waals surface area contributed by atoms with Gasteiger partial charge in [-0.05, 0) is 30.0 Å². The molecule has 6 rings (SSSR count). The first-order valence-corrected chi connectivity index (χ1v) is 13.4. The van der Waals surface area contributed by atoms with Crippen molar-refractivity contribution in [2.45, 2.75) is 55.3 Å². The van der Waals surface area contributed by atoms with E-state index in [0.29, 0.717) is 17.9 Å². The maximum atomic E-state index is 13.6. The van der Waals surface area contributed by atoms with Crippen LogP contribution in [0.5, 0.6) is 5.75 Å². The van der Waals surface area contributed by atoms with E-state index in [-0.39, 0.29) is 36.1 Å². The predicted molar refractivity (Wildman–Crippen MR) is 147 cm³/mol. The smallest absolute Gasteiger partial charge is 0.343 e. The van der Waals surface area contributed by atoms with Crippen molar-refractivity contribution in [2.75, 3.05) is 19.7 Å². The zero-order valence-corrected chi connectivity index (χ0v) is 22.7. The number of aliphatic hydroxyl groups is 2. The number of nitrogens with two attached hydrogens (primary N) is 2. The van der Waals surface area contributed by atoms with Crippen LogP contribution in [-0.2, 0) is 5.41 Å². The monoisotopic (exact) mass is 564 g/mol. The third-order valence-corrected chi connectivity index (χ3v) is 8.52. The molecule has 10 N–H and O–H groups in total. The van der Waals surface area contributed by atoms with Crippen molar-refractivity contribution in [3.8, 4) is 5.75 Å². The molecule has 2 amide bonds. The van der Waals surface area contributed by atoms with E-state index in [1.807, 2.05) is 6.07 Å². The van der Waals surface area contributed by atoms with Gasteiger partial charge in [-0.3, -0.25) is 30.2 Å². The van der Waals surface area contributed by atoms with Gasteiger partial charge < -0.3 is 31.3 Å². The zero-order valence-electron chi connectivity index (χ0n) is 22.7. The van der Waals surface area contributed by atoms with Crippen molar-refractivity contribution in [2.24, 2.45) is 16.5 Å². The van der Waals surface area contributed by atoms with Crippen LogP contribution in [0.25, 0.3) is 0 Å². The van der Waals surface area contributed by atoms with Crippen LogP contribution in [0.1, 0.15) is 46.7 Å². The van der Waals surface area contributed by atoms with E-state index in [1.165, 1.54) is 11.1 Å². The van der Waals surface area contributed by atoms with E-state index >= 15 is 0 Å². The number of amides is 2. The average molecular weight is 565 g/mol. The number of para-hydroxylation sites is 1. The molecule has 0 aliphatic carbocycles. The number of ether oxygens (including phenoxy) is 1. The molecule has 1 spiro atoms. The Morgan fingerprint density at radius 3 is 2.76 bits per heavy atom. The lowest BCUT2D eigenvalue weighted by molar-refractivity contribution is -0.521. The summed E-state index contributed by atoms with van der Waals surface area (Å²) < 4.78 is 5.90. The summed E-state index contributed by atoms with van der Waals surface area (Å²) in [6.07, 6.45) is 2.31. The Hall–Kier alpha value is -4.43. The molecular weight excluding hydrogens is 530 g/mol. The molecule has 5 heterocycles. The van der Waals surface area contributed by atoms with Gasteiger partial charge in [0.15, 0.2) is 12.0 Å². The van der Waals surface area contributed by atoms with Gasteiger partial charge in [0.2, 0.25) is 5.79 Å². The Bertz CT molecular complexity index is 1460. The second-order valence-corrected chi connectivity index (χ2v) is 11.4. The molecule has 4 aliphatic heterocycles. The first-order valence-electron chi connectivity index (χ1n) is 13.4. The van der Waals surface area contributed by atoms with E-state index in [2.05, 4.69) is 44.8 Å². The zero-order chi connectivity index (χ0) is 29.2. The molecule has 4 aliphatic rings. The highest BCUT2D eigenvalue weighted by atomic mass is 16.5. The second kappa shape index (κ2) is 9.31. The summed E-state index contributed by atoms with van der Waals surface area (Å²) in [7, 11) is 0. The second-order valence-electron chi connectivity index (χ2n) is 11.4. The number of aromatic nitrogens is 1. The number of pyridine rings is 1. The molecule has 14 nitrogen and oxygen atoms in total. The van der Waals surface area contributed by atoms with Crippen LogP contribution in [0.2, 0.25) is 0 Å². The number of rotatable bonds is 5. The predicted octanol–water partition coefficient (Wildman–Crippen LogP) is -3.57. The summed E-state index contributed by atoms with van der Waals surface area (Å²) in [6.45, 7) is 4.56. The van der Waals surface area contributed by atoms with Crippen LogP contribution in [0.4, 0.5) is 0 Å². The average Bonchev–Trinajstić information content (AvgIpc) is 3.41. The Morgan fingerprint density at radius 1 is 1.20 bits per heavy atom. The van der Waals surface area contributed by atoms with E-state index in [0.717, 1.165) is 12.0 Å². The molecule has 1 aromatic carbocycles. The molecule has 4 atom stereocenters. The highest BCUT2D eigenvalue weighted by molar-refractivity contribution is 5.98. The van der Waals surface area contributed by atoms with Crippen molar-refractivity contribution in [1.29, 1.82) is 0 Å². The van der Waals surface area contributed by atoms with E-state index in [9.17, 15) is 19.8 Å². The molecule has 0 bridgehead atoms. The minimum Gasteiger partial charge on any atom is -0.492 e. The van der Waals surface area contributed by atoms with Gasteiger partial charge in [-0.25, -0.2) is 10.3 Å². The highest BCUT2D eigenvalue weighted by Gasteiger charge is 2.76. The van der Waals surface area contributed by atoms with Crippen molar-refractivity contribution in [3.63, 3.8) is 0 Å². The van der Waals surface area contributed by atoms with Gasteiger partial charge in [0.1, 0.15) is 23.5 Å². The fourth-order valence-corrected chi connectivity index (χ4v) is 6.31. The number of hydrogen-bond acceptors (Lipinski definition) is 11. The van der Waals surface area contributed by atoms with Gasteiger partial charge in [-0.2, -0.15) is 0 Å². The fourth-order valence-electron chi connectivity index (χ4n) is 6.31. The van der Waals surface area contributed by atoms with Crippen molar-refractivity contribution in [3.05, 3.63) is 59.4 Å². The van der Waals surface area contributed by atoms with E-state index in [4.69, 9.17) is 16.2 Å². The minimum absolute atomic E-state index is 0.00525. The Morgan fingerprint density at radius 2 is 2.00 bits per heavy atom. The summed E-state index contributed by atoms with van der Waals surface area (Å²) in [4.78, 5) is 39.3. The third kappa shape index (κ3) is 4.04. The summed E-state index contributed by atoms with van der Waals surface area (Å²) in [5.41, 5.74) is 12.0. The Labute approximate surface area is 235 Å². The molecule has 0 saturated carbocycles. The summed E-state index contributed by atoms with van der Waals surface area (Å²) >= 11 is 0. The van der Waals surface area contributed by atoms with Crippen molar-refractivity contribution < 1.29 is 29.5 Å². The van der Waals surface area contributed by atoms with Crippen molar-refractivity contribution in [1.82, 2.24) is 25.8 Å². The normalized spacial score (nSPS) is 28.6. The Balaban J connectivity index is 1.27. The molecule has 1 fully saturated rings. The number of hydrogen-bond donors (Lipinski definition) is 8.